The Labute approximate surface area is 357 Å². The van der Waals surface area contributed by atoms with Crippen LogP contribution in [0.15, 0.2) is 72.8 Å². The minimum Gasteiger partial charge on any atom is -0.469 e. The first-order valence-corrected chi connectivity index (χ1v) is 20.7. The number of alkyl carbamates (subject to hydrolysis) is 1. The zero-order valence-electron chi connectivity index (χ0n) is 39.5. The van der Waals surface area contributed by atoms with E-state index < -0.39 is 24.0 Å². The number of methoxy groups -OCH3 is 2. The van der Waals surface area contributed by atoms with Gasteiger partial charge >= 0.3 is 12.1 Å². The van der Waals surface area contributed by atoms with Crippen LogP contribution in [0.5, 0.6) is 0 Å². The summed E-state index contributed by atoms with van der Waals surface area (Å²) >= 11 is 0. The standard InChI is InChI=1S/C47H57N7O6/c1-26(2)35(22-41(55)59-7)45(56)53-24-28(5)19-39(53)43-48-23-38(51-43)33-15-13-31(14-16-33)30-9-11-32(12-10-30)34-17-18-36-37(21-34)50-44(49-36)40-20-29(6)25-54(40)46(57)42(27(3)4)52-47(58)60-8/h9-18,21,23,26-29,35,39-40,42H,19-20,22,24-25H2,1-8H3,(H,48,51)(H,49,50)(H,52,58)/t28-,29-,35-,39-,40-,42-/m0/s1/i9D,10D,11D,12D. The molecule has 3 aromatic carbocycles. The maximum absolute atomic E-state index is 13.8. The molecule has 3 amide bonds. The number of benzene rings is 3. The predicted octanol–water partition coefficient (Wildman–Crippen LogP) is 8.32. The third-order valence-corrected chi connectivity index (χ3v) is 11.8. The van der Waals surface area contributed by atoms with Crippen molar-refractivity contribution in [1.29, 1.82) is 0 Å². The minimum atomic E-state index is -0.784. The average molecular weight is 820 g/mol. The number of aromatic nitrogens is 4. The molecular weight excluding hydrogens is 759 g/mol. The van der Waals surface area contributed by atoms with Gasteiger partial charge in [-0.3, -0.25) is 14.4 Å². The predicted molar refractivity (Wildman–Crippen MR) is 230 cm³/mol. The van der Waals surface area contributed by atoms with Crippen LogP contribution in [0.4, 0.5) is 4.79 Å². The van der Waals surface area contributed by atoms with E-state index in [-0.39, 0.29) is 89.3 Å². The van der Waals surface area contributed by atoms with Gasteiger partial charge < -0.3 is 34.6 Å². The number of nitrogens with one attached hydrogen (secondary N) is 3. The van der Waals surface area contributed by atoms with E-state index >= 15 is 0 Å². The van der Waals surface area contributed by atoms with E-state index in [2.05, 4.69) is 34.1 Å². The van der Waals surface area contributed by atoms with E-state index in [1.54, 1.807) is 41.4 Å². The van der Waals surface area contributed by atoms with Crippen LogP contribution in [-0.4, -0.2) is 87.0 Å². The fourth-order valence-electron chi connectivity index (χ4n) is 8.47. The van der Waals surface area contributed by atoms with Gasteiger partial charge in [0.05, 0.1) is 67.0 Å². The van der Waals surface area contributed by atoms with Crippen molar-refractivity contribution in [2.75, 3.05) is 27.3 Å². The van der Waals surface area contributed by atoms with Crippen molar-refractivity contribution in [3.63, 3.8) is 0 Å². The lowest BCUT2D eigenvalue weighted by atomic mass is 9.91. The molecule has 316 valence electrons. The molecule has 13 nitrogen and oxygen atoms in total. The van der Waals surface area contributed by atoms with Gasteiger partial charge in [0, 0.05) is 13.1 Å². The van der Waals surface area contributed by atoms with E-state index in [0.29, 0.717) is 59.0 Å². The maximum Gasteiger partial charge on any atom is 0.407 e. The summed E-state index contributed by atoms with van der Waals surface area (Å²) in [4.78, 5) is 71.8. The Bertz CT molecular complexity index is 2550. The van der Waals surface area contributed by atoms with Gasteiger partial charge in [-0.05, 0) is 76.5 Å². The van der Waals surface area contributed by atoms with Crippen molar-refractivity contribution in [3.05, 3.63) is 84.5 Å². The van der Waals surface area contributed by atoms with Crippen LogP contribution >= 0.6 is 0 Å². The summed E-state index contributed by atoms with van der Waals surface area (Å²) in [5.41, 5.74) is 4.05. The number of carbonyl (C=O) groups is 4. The Morgan fingerprint density at radius 2 is 1.35 bits per heavy atom. The molecule has 2 fully saturated rings. The molecule has 0 aliphatic carbocycles. The van der Waals surface area contributed by atoms with Crippen LogP contribution < -0.4 is 5.32 Å². The van der Waals surface area contributed by atoms with Crippen LogP contribution in [0.2, 0.25) is 0 Å². The van der Waals surface area contributed by atoms with Crippen molar-refractivity contribution in [3.8, 4) is 33.5 Å². The minimum absolute atomic E-state index is 0.0131. The second kappa shape index (κ2) is 17.7. The van der Waals surface area contributed by atoms with E-state index in [4.69, 9.17) is 19.9 Å². The second-order valence-electron chi connectivity index (χ2n) is 17.0. The van der Waals surface area contributed by atoms with E-state index in [0.717, 1.165) is 12.0 Å². The van der Waals surface area contributed by atoms with E-state index in [9.17, 15) is 19.2 Å². The van der Waals surface area contributed by atoms with Crippen molar-refractivity contribution < 1.29 is 34.1 Å². The number of aromatic amines is 2. The van der Waals surface area contributed by atoms with Crippen LogP contribution in [-0.2, 0) is 23.9 Å². The molecule has 0 unspecified atom stereocenters. The SMILES string of the molecule is [2H]c1c([2H])c(-c2ccc3nc([C@@H]4C[C@H](C)CN4C(=O)[C@@H](NC(=O)OC)C(C)C)[nH]c3c2)c([2H])c([2H])c1-c1ccc(-c2cnc([C@@H]3C[C@H](C)CN3C(=O)[C@@H](CC(=O)OC)C(C)C)[nH]2)cc1. The van der Waals surface area contributed by atoms with Gasteiger partial charge in [0.2, 0.25) is 11.8 Å². The third-order valence-electron chi connectivity index (χ3n) is 11.8. The molecule has 60 heavy (non-hydrogen) atoms. The lowest BCUT2D eigenvalue weighted by Crippen LogP contribution is -2.51. The highest BCUT2D eigenvalue weighted by Gasteiger charge is 2.41. The van der Waals surface area contributed by atoms with Crippen molar-refractivity contribution in [1.82, 2.24) is 35.1 Å². The molecule has 0 bridgehead atoms. The zero-order valence-corrected chi connectivity index (χ0v) is 35.5. The van der Waals surface area contributed by atoms with Gasteiger partial charge in [-0.2, -0.15) is 0 Å². The first-order valence-electron chi connectivity index (χ1n) is 22.7. The molecule has 2 saturated heterocycles. The number of likely N-dealkylation sites (tertiary alicyclic amines) is 2. The van der Waals surface area contributed by atoms with Crippen LogP contribution in [0, 0.1) is 29.6 Å². The monoisotopic (exact) mass is 819 g/mol. The molecule has 2 aliphatic rings. The molecule has 5 aromatic rings. The highest BCUT2D eigenvalue weighted by atomic mass is 16.5. The molecule has 2 aliphatic heterocycles. The van der Waals surface area contributed by atoms with Crippen LogP contribution in [0.3, 0.4) is 0 Å². The first-order chi connectivity index (χ1) is 30.4. The highest BCUT2D eigenvalue weighted by molar-refractivity contribution is 5.87. The summed E-state index contributed by atoms with van der Waals surface area (Å²) in [6, 6.07) is 10.3. The number of ether oxygens (including phenoxy) is 2. The summed E-state index contributed by atoms with van der Waals surface area (Å²) in [5, 5.41) is 2.68. The Hall–Kier alpha value is -5.98. The zero-order chi connectivity index (χ0) is 46.3. The molecule has 7 rings (SSSR count). The van der Waals surface area contributed by atoms with Crippen molar-refractivity contribution in [2.24, 2.45) is 29.6 Å². The number of nitrogens with zero attached hydrogens (tertiary/aromatic N) is 4. The number of imidazole rings is 2. The third kappa shape index (κ3) is 8.80. The average Bonchev–Trinajstić information content (AvgIpc) is 4.09. The largest absolute Gasteiger partial charge is 0.469 e. The van der Waals surface area contributed by atoms with E-state index in [1.807, 2.05) is 44.7 Å². The number of amides is 3. The first kappa shape index (κ1) is 37.1. The van der Waals surface area contributed by atoms with Gasteiger partial charge in [0.1, 0.15) is 17.7 Å². The number of esters is 1. The molecule has 0 radical (unpaired) electrons. The smallest absolute Gasteiger partial charge is 0.407 e. The topological polar surface area (TPSA) is 163 Å². The Morgan fingerprint density at radius 1 is 0.767 bits per heavy atom. The van der Waals surface area contributed by atoms with Gasteiger partial charge in [0.15, 0.2) is 0 Å². The van der Waals surface area contributed by atoms with Crippen LogP contribution in [0.1, 0.15) is 90.0 Å². The normalized spacial score (nSPS) is 21.1. The Morgan fingerprint density at radius 3 is 1.95 bits per heavy atom. The lowest BCUT2D eigenvalue weighted by molar-refractivity contribution is -0.148. The molecule has 2 aromatic heterocycles. The van der Waals surface area contributed by atoms with Crippen LogP contribution in [0.25, 0.3) is 44.5 Å². The van der Waals surface area contributed by atoms with Gasteiger partial charge in [0.25, 0.3) is 0 Å². The van der Waals surface area contributed by atoms with Gasteiger partial charge in [-0.25, -0.2) is 14.8 Å². The molecule has 0 spiro atoms. The highest BCUT2D eigenvalue weighted by Crippen LogP contribution is 2.39. The summed E-state index contributed by atoms with van der Waals surface area (Å²) in [6.45, 7) is 12.8. The lowest BCUT2D eigenvalue weighted by Gasteiger charge is -2.30. The van der Waals surface area contributed by atoms with E-state index in [1.165, 1.54) is 14.2 Å². The summed E-state index contributed by atoms with van der Waals surface area (Å²) in [5.74, 6) is 0.144. The van der Waals surface area contributed by atoms with Crippen molar-refractivity contribution in [2.45, 2.75) is 78.9 Å². The maximum atomic E-state index is 13.8. The second-order valence-corrected chi connectivity index (χ2v) is 17.0. The molecule has 3 N–H and O–H groups in total. The summed E-state index contributed by atoms with van der Waals surface area (Å²) in [6.07, 6.45) is 2.42. The molecule has 13 heteroatoms. The fraction of sp³-hybridized carbons (Fsp3) is 0.447. The molecule has 6 atom stereocenters. The number of hydrogen-bond donors (Lipinski definition) is 3. The molecular formula is C47H57N7O6. The van der Waals surface area contributed by atoms with Gasteiger partial charge in [-0.15, -0.1) is 0 Å². The molecule has 0 saturated carbocycles. The Balaban J connectivity index is 1.12. The summed E-state index contributed by atoms with van der Waals surface area (Å²) < 4.78 is 46.0. The number of carbonyl (C=O) groups excluding carboxylic acids is 4. The summed E-state index contributed by atoms with van der Waals surface area (Å²) in [7, 11) is 2.58. The Kier molecular flexibility index (Phi) is 10.9. The quantitative estimate of drug-likeness (QED) is 0.106. The number of fused-ring (bicyclic) bond motifs is 1. The number of hydrogen-bond acceptors (Lipinski definition) is 8. The van der Waals surface area contributed by atoms with Gasteiger partial charge in [-0.1, -0.05) is 96.0 Å². The fourth-order valence-corrected chi connectivity index (χ4v) is 8.47. The molecule has 4 heterocycles. The number of H-pyrrole nitrogens is 2. The van der Waals surface area contributed by atoms with Crippen molar-refractivity contribution >= 4 is 34.9 Å². The number of rotatable bonds is 12.